The second kappa shape index (κ2) is 10.7. The third-order valence-corrected chi connectivity index (χ3v) is 4.62. The summed E-state index contributed by atoms with van der Waals surface area (Å²) < 4.78 is 1.24. The van der Waals surface area contributed by atoms with Gasteiger partial charge in [-0.2, -0.15) is 0 Å². The van der Waals surface area contributed by atoms with E-state index in [2.05, 4.69) is 20.9 Å². The molecule has 0 spiro atoms. The molecule has 0 bridgehead atoms. The highest BCUT2D eigenvalue weighted by Crippen LogP contribution is 2.17. The van der Waals surface area contributed by atoms with Crippen molar-refractivity contribution in [2.45, 2.75) is 47.1 Å². The van der Waals surface area contributed by atoms with Crippen molar-refractivity contribution in [1.82, 2.24) is 20.2 Å². The molecule has 9 heteroatoms. The van der Waals surface area contributed by atoms with Crippen molar-refractivity contribution in [3.63, 3.8) is 0 Å². The Hall–Kier alpha value is -3.49. The van der Waals surface area contributed by atoms with Crippen LogP contribution in [0, 0.1) is 5.41 Å². The van der Waals surface area contributed by atoms with E-state index in [1.165, 1.54) is 17.0 Å². The number of nitrogens with one attached hydrogen (secondary N) is 3. The van der Waals surface area contributed by atoms with E-state index in [0.29, 0.717) is 16.9 Å². The van der Waals surface area contributed by atoms with Gasteiger partial charge in [-0.1, -0.05) is 34.6 Å². The number of carbonyl (C=O) groups excluding carboxylic acids is 3. The standard InChI is InChI=1S/C23H31N5O4/c1-15(2)18-12-20(30)28(14-26-18)13-19(29)24-10-11-25-21(31)16-6-8-17(9-7-16)27-22(32)23(3,4)5/h6-9,12,14-15H,10-11,13H2,1-5H3,(H,24,29)(H,25,31)(H,27,32). The molecule has 3 amide bonds. The molecule has 0 aliphatic rings. The van der Waals surface area contributed by atoms with E-state index in [4.69, 9.17) is 0 Å². The average molecular weight is 442 g/mol. The molecule has 0 unspecified atom stereocenters. The lowest BCUT2D eigenvalue weighted by molar-refractivity contribution is -0.123. The molecule has 9 nitrogen and oxygen atoms in total. The van der Waals surface area contributed by atoms with E-state index in [9.17, 15) is 19.2 Å². The highest BCUT2D eigenvalue weighted by atomic mass is 16.2. The zero-order valence-electron chi connectivity index (χ0n) is 19.2. The second-order valence-electron chi connectivity index (χ2n) is 8.82. The predicted molar refractivity (Wildman–Crippen MR) is 122 cm³/mol. The SMILES string of the molecule is CC(C)c1cc(=O)n(CC(=O)NCCNC(=O)c2ccc(NC(=O)C(C)(C)C)cc2)cn1. The largest absolute Gasteiger partial charge is 0.353 e. The van der Waals surface area contributed by atoms with Gasteiger partial charge in [-0.05, 0) is 30.2 Å². The quantitative estimate of drug-likeness (QED) is 0.540. The molecule has 0 fully saturated rings. The zero-order chi connectivity index (χ0) is 23.9. The van der Waals surface area contributed by atoms with Gasteiger partial charge in [0.2, 0.25) is 11.8 Å². The Balaban J connectivity index is 1.76. The lowest BCUT2D eigenvalue weighted by Gasteiger charge is -2.17. The molecular formula is C23H31N5O4. The van der Waals surface area contributed by atoms with Gasteiger partial charge in [0.05, 0.1) is 12.0 Å². The Kier molecular flexibility index (Phi) is 8.28. The molecule has 1 heterocycles. The van der Waals surface area contributed by atoms with Crippen LogP contribution in [0.1, 0.15) is 56.6 Å². The van der Waals surface area contributed by atoms with Gasteiger partial charge in [0.1, 0.15) is 6.54 Å². The van der Waals surface area contributed by atoms with Crippen LogP contribution in [0.15, 0.2) is 41.5 Å². The van der Waals surface area contributed by atoms with Crippen molar-refractivity contribution in [2.24, 2.45) is 5.41 Å². The molecule has 32 heavy (non-hydrogen) atoms. The normalized spacial score (nSPS) is 11.2. The smallest absolute Gasteiger partial charge is 0.254 e. The lowest BCUT2D eigenvalue weighted by Crippen LogP contribution is -2.37. The summed E-state index contributed by atoms with van der Waals surface area (Å²) >= 11 is 0. The Morgan fingerprint density at radius 3 is 2.22 bits per heavy atom. The Morgan fingerprint density at radius 2 is 1.66 bits per heavy atom. The molecule has 0 atom stereocenters. The number of rotatable bonds is 8. The number of nitrogens with zero attached hydrogens (tertiary/aromatic N) is 2. The maximum Gasteiger partial charge on any atom is 0.254 e. The molecule has 0 aliphatic heterocycles. The molecule has 1 aromatic heterocycles. The van der Waals surface area contributed by atoms with Crippen LogP contribution in [-0.4, -0.2) is 40.4 Å². The minimum Gasteiger partial charge on any atom is -0.353 e. The predicted octanol–water partition coefficient (Wildman–Crippen LogP) is 1.90. The van der Waals surface area contributed by atoms with Gasteiger partial charge < -0.3 is 16.0 Å². The second-order valence-corrected chi connectivity index (χ2v) is 8.82. The van der Waals surface area contributed by atoms with Crippen molar-refractivity contribution in [3.05, 3.63) is 58.3 Å². The number of carbonyl (C=O) groups is 3. The van der Waals surface area contributed by atoms with Gasteiger partial charge in [0.15, 0.2) is 0 Å². The minimum absolute atomic E-state index is 0.112. The maximum atomic E-state index is 12.2. The van der Waals surface area contributed by atoms with Gasteiger partial charge in [0, 0.05) is 35.8 Å². The van der Waals surface area contributed by atoms with Crippen LogP contribution < -0.4 is 21.5 Å². The van der Waals surface area contributed by atoms with Gasteiger partial charge in [0.25, 0.3) is 11.5 Å². The Bertz CT molecular complexity index is 1020. The molecule has 0 saturated heterocycles. The maximum absolute atomic E-state index is 12.2. The molecular weight excluding hydrogens is 410 g/mol. The van der Waals surface area contributed by atoms with Crippen LogP contribution in [0.3, 0.4) is 0 Å². The van der Waals surface area contributed by atoms with Crippen LogP contribution in [0.2, 0.25) is 0 Å². The summed E-state index contributed by atoms with van der Waals surface area (Å²) in [6, 6.07) is 7.99. The van der Waals surface area contributed by atoms with E-state index in [0.717, 1.165) is 0 Å². The third-order valence-electron chi connectivity index (χ3n) is 4.62. The highest BCUT2D eigenvalue weighted by Gasteiger charge is 2.21. The van der Waals surface area contributed by atoms with E-state index >= 15 is 0 Å². The average Bonchev–Trinajstić information content (AvgIpc) is 2.72. The van der Waals surface area contributed by atoms with Crippen LogP contribution in [0.25, 0.3) is 0 Å². The Morgan fingerprint density at radius 1 is 1.03 bits per heavy atom. The zero-order valence-corrected chi connectivity index (χ0v) is 19.2. The Labute approximate surface area is 187 Å². The van der Waals surface area contributed by atoms with Crippen molar-refractivity contribution >= 4 is 23.4 Å². The van der Waals surface area contributed by atoms with Gasteiger partial charge >= 0.3 is 0 Å². The van der Waals surface area contributed by atoms with Crippen molar-refractivity contribution in [1.29, 1.82) is 0 Å². The van der Waals surface area contributed by atoms with Crippen LogP contribution in [0.4, 0.5) is 5.69 Å². The lowest BCUT2D eigenvalue weighted by atomic mass is 9.95. The first-order valence-electron chi connectivity index (χ1n) is 10.5. The molecule has 3 N–H and O–H groups in total. The summed E-state index contributed by atoms with van der Waals surface area (Å²) in [4.78, 5) is 52.5. The number of anilines is 1. The molecule has 0 radical (unpaired) electrons. The van der Waals surface area contributed by atoms with Crippen molar-refractivity contribution in [3.8, 4) is 0 Å². The summed E-state index contributed by atoms with van der Waals surface area (Å²) in [5.74, 6) is -0.621. The summed E-state index contributed by atoms with van der Waals surface area (Å²) in [6.45, 7) is 9.64. The van der Waals surface area contributed by atoms with Crippen LogP contribution in [-0.2, 0) is 16.1 Å². The molecule has 0 saturated carbocycles. The van der Waals surface area contributed by atoms with E-state index in [-0.39, 0.29) is 48.8 Å². The number of hydrogen-bond donors (Lipinski definition) is 3. The fraction of sp³-hybridized carbons (Fsp3) is 0.435. The first-order chi connectivity index (χ1) is 15.0. The topological polar surface area (TPSA) is 122 Å². The number of aromatic nitrogens is 2. The van der Waals surface area contributed by atoms with Crippen LogP contribution >= 0.6 is 0 Å². The van der Waals surface area contributed by atoms with E-state index in [1.807, 2.05) is 34.6 Å². The fourth-order valence-corrected chi connectivity index (χ4v) is 2.59. The fourth-order valence-electron chi connectivity index (χ4n) is 2.59. The molecule has 2 rings (SSSR count). The molecule has 1 aromatic carbocycles. The van der Waals surface area contributed by atoms with E-state index < -0.39 is 5.41 Å². The van der Waals surface area contributed by atoms with Gasteiger partial charge in [-0.25, -0.2) is 4.98 Å². The first-order valence-corrected chi connectivity index (χ1v) is 10.5. The molecule has 172 valence electrons. The third kappa shape index (κ3) is 7.33. The van der Waals surface area contributed by atoms with Crippen molar-refractivity contribution in [2.75, 3.05) is 18.4 Å². The van der Waals surface area contributed by atoms with Gasteiger partial charge in [-0.15, -0.1) is 0 Å². The van der Waals surface area contributed by atoms with Crippen molar-refractivity contribution < 1.29 is 14.4 Å². The number of hydrogen-bond acceptors (Lipinski definition) is 5. The summed E-state index contributed by atoms with van der Waals surface area (Å²) in [6.07, 6.45) is 1.37. The minimum atomic E-state index is -0.512. The summed E-state index contributed by atoms with van der Waals surface area (Å²) in [7, 11) is 0. The molecule has 0 aliphatic carbocycles. The summed E-state index contributed by atoms with van der Waals surface area (Å²) in [5, 5.41) is 8.17. The van der Waals surface area contributed by atoms with Gasteiger partial charge in [-0.3, -0.25) is 23.7 Å². The monoisotopic (exact) mass is 441 g/mol. The summed E-state index contributed by atoms with van der Waals surface area (Å²) in [5.41, 5.74) is 0.934. The first kappa shape index (κ1) is 24.8. The highest BCUT2D eigenvalue weighted by molar-refractivity contribution is 5.97. The van der Waals surface area contributed by atoms with E-state index in [1.54, 1.807) is 24.3 Å². The molecule has 2 aromatic rings. The number of amides is 3. The van der Waals surface area contributed by atoms with Crippen LogP contribution in [0.5, 0.6) is 0 Å². The number of benzene rings is 1.